The number of carbonyl (C=O) groups excluding carboxylic acids is 2. The zero-order valence-corrected chi connectivity index (χ0v) is 18.8. The first-order chi connectivity index (χ1) is 16.1. The standard InChI is InChI=1S/C26H20N2O4S/c1-31-18-13-17(14-19(15-18)32-2)28-25(29)23(22-11-6-12-33-22)24(26(28)30)27-21-10-5-8-16-7-3-4-9-20(16)21/h3-15,27H,1-2H3. The molecule has 1 N–H and O–H groups in total. The molecule has 7 heteroatoms. The number of thiophene rings is 1. The third-order valence-electron chi connectivity index (χ3n) is 5.50. The Labute approximate surface area is 194 Å². The molecule has 0 unspecified atom stereocenters. The molecule has 0 bridgehead atoms. The van der Waals surface area contributed by atoms with E-state index < -0.39 is 11.8 Å². The lowest BCUT2D eigenvalue weighted by Gasteiger charge is -2.17. The summed E-state index contributed by atoms with van der Waals surface area (Å²) in [6.07, 6.45) is 0. The Kier molecular flexibility index (Phi) is 5.32. The summed E-state index contributed by atoms with van der Waals surface area (Å²) in [6.45, 7) is 0. The lowest BCUT2D eigenvalue weighted by molar-refractivity contribution is -0.120. The average molecular weight is 457 g/mol. The van der Waals surface area contributed by atoms with E-state index in [9.17, 15) is 9.59 Å². The van der Waals surface area contributed by atoms with E-state index in [1.54, 1.807) is 18.2 Å². The summed E-state index contributed by atoms with van der Waals surface area (Å²) >= 11 is 1.41. The van der Waals surface area contributed by atoms with Gasteiger partial charge in [-0.2, -0.15) is 0 Å². The van der Waals surface area contributed by atoms with Gasteiger partial charge in [0.2, 0.25) is 0 Å². The Morgan fingerprint density at radius 3 is 2.24 bits per heavy atom. The van der Waals surface area contributed by atoms with Crippen molar-refractivity contribution in [1.82, 2.24) is 0 Å². The molecule has 0 aliphatic carbocycles. The molecule has 6 nitrogen and oxygen atoms in total. The lowest BCUT2D eigenvalue weighted by atomic mass is 10.1. The number of anilines is 2. The highest BCUT2D eigenvalue weighted by Gasteiger charge is 2.41. The molecule has 1 aliphatic rings. The van der Waals surface area contributed by atoms with E-state index in [1.807, 2.05) is 60.0 Å². The van der Waals surface area contributed by atoms with E-state index in [1.165, 1.54) is 25.6 Å². The van der Waals surface area contributed by atoms with Crippen LogP contribution >= 0.6 is 11.3 Å². The fourth-order valence-corrected chi connectivity index (χ4v) is 4.69. The van der Waals surface area contributed by atoms with Gasteiger partial charge in [-0.1, -0.05) is 42.5 Å². The molecule has 3 aromatic carbocycles. The summed E-state index contributed by atoms with van der Waals surface area (Å²) in [5.74, 6) is 0.128. The van der Waals surface area contributed by atoms with Gasteiger partial charge in [-0.15, -0.1) is 11.3 Å². The van der Waals surface area contributed by atoms with Gasteiger partial charge in [0, 0.05) is 34.1 Å². The molecule has 164 valence electrons. The van der Waals surface area contributed by atoms with Crippen LogP contribution in [0.3, 0.4) is 0 Å². The van der Waals surface area contributed by atoms with Crippen LogP contribution < -0.4 is 19.7 Å². The van der Waals surface area contributed by atoms with Crippen LogP contribution in [0.5, 0.6) is 11.5 Å². The van der Waals surface area contributed by atoms with Crippen LogP contribution in [0.4, 0.5) is 11.4 Å². The molecular formula is C26H20N2O4S. The average Bonchev–Trinajstić information content (AvgIpc) is 3.45. The van der Waals surface area contributed by atoms with Crippen molar-refractivity contribution in [2.45, 2.75) is 0 Å². The normalized spacial score (nSPS) is 13.7. The van der Waals surface area contributed by atoms with Crippen molar-refractivity contribution in [3.8, 4) is 11.5 Å². The summed E-state index contributed by atoms with van der Waals surface area (Å²) in [7, 11) is 3.05. The number of carbonyl (C=O) groups is 2. The van der Waals surface area contributed by atoms with Gasteiger partial charge in [0.05, 0.1) is 25.5 Å². The van der Waals surface area contributed by atoms with Crippen molar-refractivity contribution in [2.75, 3.05) is 24.4 Å². The quantitative estimate of drug-likeness (QED) is 0.398. The molecule has 1 aromatic heterocycles. The second-order valence-electron chi connectivity index (χ2n) is 7.40. The van der Waals surface area contributed by atoms with E-state index in [-0.39, 0.29) is 5.70 Å². The Hall–Kier alpha value is -4.10. The van der Waals surface area contributed by atoms with Gasteiger partial charge in [0.15, 0.2) is 0 Å². The first-order valence-corrected chi connectivity index (χ1v) is 11.1. The zero-order chi connectivity index (χ0) is 22.9. The number of methoxy groups -OCH3 is 2. The van der Waals surface area contributed by atoms with Crippen molar-refractivity contribution in [2.24, 2.45) is 0 Å². The van der Waals surface area contributed by atoms with Gasteiger partial charge in [-0.3, -0.25) is 9.59 Å². The van der Waals surface area contributed by atoms with Gasteiger partial charge < -0.3 is 14.8 Å². The Bertz CT molecular complexity index is 1380. The first kappa shape index (κ1) is 20.8. The van der Waals surface area contributed by atoms with Gasteiger partial charge >= 0.3 is 0 Å². The number of nitrogens with one attached hydrogen (secondary N) is 1. The fourth-order valence-electron chi connectivity index (χ4n) is 3.92. The maximum absolute atomic E-state index is 13.7. The van der Waals surface area contributed by atoms with Crippen LogP contribution in [0.25, 0.3) is 16.3 Å². The second kappa shape index (κ2) is 8.44. The van der Waals surface area contributed by atoms with Gasteiger partial charge in [0.25, 0.3) is 11.8 Å². The van der Waals surface area contributed by atoms with Crippen molar-refractivity contribution >= 4 is 50.9 Å². The molecule has 4 aromatic rings. The topological polar surface area (TPSA) is 67.9 Å². The number of imide groups is 1. The summed E-state index contributed by atoms with van der Waals surface area (Å²) < 4.78 is 10.7. The van der Waals surface area contributed by atoms with Gasteiger partial charge in [-0.25, -0.2) is 4.90 Å². The maximum atomic E-state index is 13.7. The van der Waals surface area contributed by atoms with Crippen molar-refractivity contribution in [1.29, 1.82) is 0 Å². The highest BCUT2D eigenvalue weighted by molar-refractivity contribution is 7.11. The lowest BCUT2D eigenvalue weighted by Crippen LogP contribution is -2.32. The van der Waals surface area contributed by atoms with Crippen molar-refractivity contribution in [3.63, 3.8) is 0 Å². The molecule has 2 heterocycles. The largest absolute Gasteiger partial charge is 0.497 e. The van der Waals surface area contributed by atoms with Crippen LogP contribution in [-0.2, 0) is 9.59 Å². The van der Waals surface area contributed by atoms with Crippen LogP contribution in [0.2, 0.25) is 0 Å². The molecule has 0 radical (unpaired) electrons. The third-order valence-corrected chi connectivity index (χ3v) is 6.38. The van der Waals surface area contributed by atoms with Gasteiger partial charge in [0.1, 0.15) is 17.2 Å². The number of hydrogen-bond acceptors (Lipinski definition) is 6. The molecule has 0 atom stereocenters. The monoisotopic (exact) mass is 456 g/mol. The molecule has 33 heavy (non-hydrogen) atoms. The van der Waals surface area contributed by atoms with E-state index in [0.29, 0.717) is 27.6 Å². The van der Waals surface area contributed by atoms with E-state index in [4.69, 9.17) is 9.47 Å². The van der Waals surface area contributed by atoms with E-state index >= 15 is 0 Å². The SMILES string of the molecule is COc1cc(OC)cc(N2C(=O)C(Nc3cccc4ccccc34)=C(c3cccs3)C2=O)c1. The molecule has 2 amide bonds. The van der Waals surface area contributed by atoms with E-state index in [2.05, 4.69) is 5.32 Å². The van der Waals surface area contributed by atoms with Crippen LogP contribution in [-0.4, -0.2) is 26.0 Å². The van der Waals surface area contributed by atoms with Gasteiger partial charge in [-0.05, 0) is 22.9 Å². The highest BCUT2D eigenvalue weighted by atomic mass is 32.1. The third kappa shape index (κ3) is 3.62. The minimum absolute atomic E-state index is 0.237. The van der Waals surface area contributed by atoms with Crippen LogP contribution in [0, 0.1) is 0 Å². The van der Waals surface area contributed by atoms with E-state index in [0.717, 1.165) is 21.4 Å². The Balaban J connectivity index is 1.64. The molecule has 0 spiro atoms. The van der Waals surface area contributed by atoms with Crippen molar-refractivity contribution < 1.29 is 19.1 Å². The Morgan fingerprint density at radius 2 is 1.55 bits per heavy atom. The minimum atomic E-state index is -0.438. The van der Waals surface area contributed by atoms with Crippen molar-refractivity contribution in [3.05, 3.63) is 88.8 Å². The number of nitrogens with zero attached hydrogens (tertiary/aromatic N) is 1. The summed E-state index contributed by atoms with van der Waals surface area (Å²) in [5, 5.41) is 7.15. The molecule has 1 aliphatic heterocycles. The number of benzene rings is 3. The number of rotatable bonds is 6. The molecule has 0 fully saturated rings. The summed E-state index contributed by atoms with van der Waals surface area (Å²) in [5.41, 5.74) is 1.71. The molecule has 5 rings (SSSR count). The summed E-state index contributed by atoms with van der Waals surface area (Å²) in [4.78, 5) is 29.2. The zero-order valence-electron chi connectivity index (χ0n) is 18.0. The molecular weight excluding hydrogens is 436 g/mol. The van der Waals surface area contributed by atoms with Crippen LogP contribution in [0.15, 0.2) is 83.9 Å². The number of hydrogen-bond donors (Lipinski definition) is 1. The molecule has 0 saturated carbocycles. The number of fused-ring (bicyclic) bond motifs is 1. The first-order valence-electron chi connectivity index (χ1n) is 10.3. The number of amides is 2. The minimum Gasteiger partial charge on any atom is -0.497 e. The van der Waals surface area contributed by atoms with Crippen LogP contribution in [0.1, 0.15) is 4.88 Å². The molecule has 0 saturated heterocycles. The highest BCUT2D eigenvalue weighted by Crippen LogP contribution is 2.38. The second-order valence-corrected chi connectivity index (χ2v) is 8.34. The fraction of sp³-hybridized carbons (Fsp3) is 0.0769. The summed E-state index contributed by atoms with van der Waals surface area (Å²) in [6, 6.07) is 22.4. The Morgan fingerprint density at radius 1 is 0.818 bits per heavy atom. The maximum Gasteiger partial charge on any atom is 0.282 e. The predicted molar refractivity (Wildman–Crippen MR) is 131 cm³/mol. The smallest absolute Gasteiger partial charge is 0.282 e. The predicted octanol–water partition coefficient (Wildman–Crippen LogP) is 5.32. The number of ether oxygens (including phenoxy) is 2.